The van der Waals surface area contributed by atoms with Gasteiger partial charge in [-0.3, -0.25) is 19.4 Å². The Bertz CT molecular complexity index is 841. The summed E-state index contributed by atoms with van der Waals surface area (Å²) in [6, 6.07) is 6.57. The van der Waals surface area contributed by atoms with Gasteiger partial charge >= 0.3 is 11.9 Å². The average Bonchev–Trinajstić information content (AvgIpc) is 2.91. The number of ether oxygens (including phenoxy) is 3. The Morgan fingerprint density at radius 1 is 0.857 bits per heavy atom. The van der Waals surface area contributed by atoms with E-state index in [0.29, 0.717) is 57.3 Å². The molecule has 0 bridgehead atoms. The summed E-state index contributed by atoms with van der Waals surface area (Å²) in [6.07, 6.45) is 5.13. The number of piperazine rings is 1. The molecule has 9 heteroatoms. The standard InChI is InChI=1S/C26H37N3O6/c30-24(29-15-17-33-18-16-29)20-28-12-10-27(11-13-28)14-19-34-25(31)22-6-8-23(9-7-22)35-26(32)21-4-2-1-3-5-21/h6-9,21H,1-5,10-20H2. The smallest absolute Gasteiger partial charge is 0.338 e. The monoisotopic (exact) mass is 487 g/mol. The lowest BCUT2D eigenvalue weighted by atomic mass is 9.89. The molecule has 0 unspecified atom stereocenters. The number of amides is 1. The molecule has 1 amide bonds. The minimum absolute atomic E-state index is 0.0134. The van der Waals surface area contributed by atoms with Gasteiger partial charge in [-0.1, -0.05) is 19.3 Å². The molecule has 0 aromatic heterocycles. The van der Waals surface area contributed by atoms with Crippen molar-refractivity contribution in [1.82, 2.24) is 14.7 Å². The zero-order valence-electron chi connectivity index (χ0n) is 20.5. The molecular formula is C26H37N3O6. The van der Waals surface area contributed by atoms with E-state index in [4.69, 9.17) is 14.2 Å². The molecule has 0 atom stereocenters. The fourth-order valence-corrected chi connectivity index (χ4v) is 4.82. The Morgan fingerprint density at radius 2 is 1.51 bits per heavy atom. The van der Waals surface area contributed by atoms with E-state index in [9.17, 15) is 14.4 Å². The Kier molecular flexibility index (Phi) is 9.50. The number of rotatable bonds is 8. The highest BCUT2D eigenvalue weighted by atomic mass is 16.5. The van der Waals surface area contributed by atoms with Crippen molar-refractivity contribution < 1.29 is 28.6 Å². The molecule has 4 rings (SSSR count). The van der Waals surface area contributed by atoms with Crippen molar-refractivity contribution in [3.63, 3.8) is 0 Å². The Hall–Kier alpha value is -2.49. The molecule has 3 aliphatic rings. The summed E-state index contributed by atoms with van der Waals surface area (Å²) in [4.78, 5) is 43.4. The van der Waals surface area contributed by atoms with E-state index in [1.807, 2.05) is 4.90 Å². The molecule has 0 spiro atoms. The summed E-state index contributed by atoms with van der Waals surface area (Å²) in [6.45, 7) is 7.36. The van der Waals surface area contributed by atoms with Crippen LogP contribution in [0.1, 0.15) is 42.5 Å². The second kappa shape index (κ2) is 13.0. The van der Waals surface area contributed by atoms with E-state index in [0.717, 1.165) is 51.9 Å². The third-order valence-corrected chi connectivity index (χ3v) is 7.08. The van der Waals surface area contributed by atoms with E-state index in [-0.39, 0.29) is 23.8 Å². The van der Waals surface area contributed by atoms with Gasteiger partial charge in [-0.15, -0.1) is 0 Å². The second-order valence-corrected chi connectivity index (χ2v) is 9.53. The van der Waals surface area contributed by atoms with Crippen LogP contribution >= 0.6 is 0 Å². The fraction of sp³-hybridized carbons (Fsp3) is 0.654. The number of nitrogens with zero attached hydrogens (tertiary/aromatic N) is 3. The quantitative estimate of drug-likeness (QED) is 0.405. The molecule has 2 saturated heterocycles. The van der Waals surface area contributed by atoms with E-state index >= 15 is 0 Å². The lowest BCUT2D eigenvalue weighted by Crippen LogP contribution is -2.52. The summed E-state index contributed by atoms with van der Waals surface area (Å²) >= 11 is 0. The van der Waals surface area contributed by atoms with Gasteiger partial charge in [-0.2, -0.15) is 0 Å². The minimum atomic E-state index is -0.384. The number of hydrogen-bond acceptors (Lipinski definition) is 8. The zero-order chi connectivity index (χ0) is 24.5. The predicted molar refractivity (Wildman–Crippen MR) is 129 cm³/mol. The van der Waals surface area contributed by atoms with Crippen LogP contribution in [0.25, 0.3) is 0 Å². The van der Waals surface area contributed by atoms with Gasteiger partial charge in [-0.25, -0.2) is 4.79 Å². The first-order valence-electron chi connectivity index (χ1n) is 12.9. The largest absolute Gasteiger partial charge is 0.461 e. The lowest BCUT2D eigenvalue weighted by Gasteiger charge is -2.35. The number of hydrogen-bond donors (Lipinski definition) is 0. The fourth-order valence-electron chi connectivity index (χ4n) is 4.82. The van der Waals surface area contributed by atoms with E-state index in [1.165, 1.54) is 6.42 Å². The zero-order valence-corrected chi connectivity index (χ0v) is 20.5. The molecule has 9 nitrogen and oxygen atoms in total. The first kappa shape index (κ1) is 25.6. The number of benzene rings is 1. The van der Waals surface area contributed by atoms with Gasteiger partial charge in [0.05, 0.1) is 31.2 Å². The lowest BCUT2D eigenvalue weighted by molar-refractivity contribution is -0.140. The van der Waals surface area contributed by atoms with Crippen LogP contribution in [-0.4, -0.2) is 105 Å². The maximum atomic E-state index is 12.4. The maximum Gasteiger partial charge on any atom is 0.338 e. The molecule has 1 aromatic carbocycles. The molecule has 0 radical (unpaired) electrons. The molecule has 2 heterocycles. The topological polar surface area (TPSA) is 88.6 Å². The molecule has 0 N–H and O–H groups in total. The van der Waals surface area contributed by atoms with Crippen molar-refractivity contribution in [3.05, 3.63) is 29.8 Å². The molecule has 192 valence electrons. The summed E-state index contributed by atoms with van der Waals surface area (Å²) in [5.41, 5.74) is 0.439. The van der Waals surface area contributed by atoms with E-state index < -0.39 is 0 Å². The number of morpholine rings is 1. The molecule has 2 aliphatic heterocycles. The van der Waals surface area contributed by atoms with Crippen LogP contribution in [0.3, 0.4) is 0 Å². The third kappa shape index (κ3) is 7.75. The molecule has 1 saturated carbocycles. The van der Waals surface area contributed by atoms with Crippen LogP contribution in [0.4, 0.5) is 0 Å². The van der Waals surface area contributed by atoms with Crippen molar-refractivity contribution in [2.45, 2.75) is 32.1 Å². The van der Waals surface area contributed by atoms with Gasteiger partial charge in [0.15, 0.2) is 0 Å². The SMILES string of the molecule is O=C(OCCN1CCN(CC(=O)N2CCOCC2)CC1)c1ccc(OC(=O)C2CCCCC2)cc1. The van der Waals surface area contributed by atoms with Crippen molar-refractivity contribution in [3.8, 4) is 5.75 Å². The van der Waals surface area contributed by atoms with E-state index in [1.54, 1.807) is 24.3 Å². The number of carbonyl (C=O) groups is 3. The van der Waals surface area contributed by atoms with Gasteiger partial charge in [0.1, 0.15) is 12.4 Å². The summed E-state index contributed by atoms with van der Waals surface area (Å²) in [5, 5.41) is 0. The van der Waals surface area contributed by atoms with Crippen molar-refractivity contribution in [2.75, 3.05) is 72.2 Å². The maximum absolute atomic E-state index is 12.4. The molecule has 1 aromatic rings. The van der Waals surface area contributed by atoms with Crippen LogP contribution < -0.4 is 4.74 Å². The van der Waals surface area contributed by atoms with Crippen LogP contribution in [0, 0.1) is 5.92 Å². The highest BCUT2D eigenvalue weighted by molar-refractivity contribution is 5.89. The number of esters is 2. The molecule has 3 fully saturated rings. The Morgan fingerprint density at radius 3 is 2.20 bits per heavy atom. The van der Waals surface area contributed by atoms with Crippen LogP contribution in [0.2, 0.25) is 0 Å². The first-order chi connectivity index (χ1) is 17.1. The van der Waals surface area contributed by atoms with Gasteiger partial charge < -0.3 is 19.1 Å². The van der Waals surface area contributed by atoms with Crippen molar-refractivity contribution in [1.29, 1.82) is 0 Å². The predicted octanol–water partition coefficient (Wildman–Crippen LogP) is 1.81. The van der Waals surface area contributed by atoms with Crippen LogP contribution in [0.5, 0.6) is 5.75 Å². The first-order valence-corrected chi connectivity index (χ1v) is 12.9. The van der Waals surface area contributed by atoms with Gasteiger partial charge in [-0.05, 0) is 37.1 Å². The van der Waals surface area contributed by atoms with Crippen LogP contribution in [0.15, 0.2) is 24.3 Å². The third-order valence-electron chi connectivity index (χ3n) is 7.08. The average molecular weight is 488 g/mol. The normalized spacial score (nSPS) is 20.4. The highest BCUT2D eigenvalue weighted by Crippen LogP contribution is 2.25. The van der Waals surface area contributed by atoms with Crippen molar-refractivity contribution in [2.24, 2.45) is 5.92 Å². The summed E-state index contributed by atoms with van der Waals surface area (Å²) in [5.74, 6) is 0.0588. The van der Waals surface area contributed by atoms with Crippen LogP contribution in [-0.2, 0) is 19.1 Å². The summed E-state index contributed by atoms with van der Waals surface area (Å²) < 4.78 is 16.2. The minimum Gasteiger partial charge on any atom is -0.461 e. The number of carbonyl (C=O) groups excluding carboxylic acids is 3. The Balaban J connectivity index is 1.11. The van der Waals surface area contributed by atoms with Gasteiger partial charge in [0, 0.05) is 45.8 Å². The summed E-state index contributed by atoms with van der Waals surface area (Å²) in [7, 11) is 0. The molecular weight excluding hydrogens is 450 g/mol. The van der Waals surface area contributed by atoms with Crippen molar-refractivity contribution >= 4 is 17.8 Å². The second-order valence-electron chi connectivity index (χ2n) is 9.53. The molecule has 35 heavy (non-hydrogen) atoms. The highest BCUT2D eigenvalue weighted by Gasteiger charge is 2.24. The van der Waals surface area contributed by atoms with Gasteiger partial charge in [0.25, 0.3) is 0 Å². The molecule has 1 aliphatic carbocycles. The van der Waals surface area contributed by atoms with Gasteiger partial charge in [0.2, 0.25) is 5.91 Å². The van der Waals surface area contributed by atoms with E-state index in [2.05, 4.69) is 9.80 Å². The Labute approximate surface area is 207 Å².